The van der Waals surface area contributed by atoms with Crippen molar-refractivity contribution >= 4 is 17.7 Å². The van der Waals surface area contributed by atoms with Crippen LogP contribution in [0.4, 0.5) is 4.79 Å². The Morgan fingerprint density at radius 2 is 2.28 bits per heavy atom. The molecule has 0 saturated heterocycles. The van der Waals surface area contributed by atoms with Crippen molar-refractivity contribution in [2.45, 2.75) is 12.6 Å². The molecule has 0 fully saturated rings. The van der Waals surface area contributed by atoms with Crippen molar-refractivity contribution in [1.29, 1.82) is 0 Å². The second kappa shape index (κ2) is 5.46. The van der Waals surface area contributed by atoms with Gasteiger partial charge in [0.1, 0.15) is 0 Å². The van der Waals surface area contributed by atoms with Crippen molar-refractivity contribution in [3.63, 3.8) is 0 Å². The first kappa shape index (κ1) is 12.3. The second-order valence-corrected chi connectivity index (χ2v) is 3.92. The van der Waals surface area contributed by atoms with E-state index in [4.69, 9.17) is 16.7 Å². The molecular weight excluding hydrogens is 258 g/mol. The highest BCUT2D eigenvalue weighted by molar-refractivity contribution is 6.31. The predicted octanol–water partition coefficient (Wildman–Crippen LogP) is 1.34. The van der Waals surface area contributed by atoms with Crippen LogP contribution in [0, 0.1) is 0 Å². The number of aromatic nitrogens is 4. The molecule has 0 bridgehead atoms. The Bertz CT molecular complexity index is 531. The van der Waals surface area contributed by atoms with Crippen molar-refractivity contribution in [1.82, 2.24) is 25.5 Å². The maximum Gasteiger partial charge on any atom is 0.405 e. The molecule has 18 heavy (non-hydrogen) atoms. The van der Waals surface area contributed by atoms with Gasteiger partial charge in [-0.3, -0.25) is 0 Å². The SMILES string of the molecule is O=C(O)N[C@@H](Cn1ncnn1)c1ccccc1Cl. The number of tetrazole rings is 1. The van der Waals surface area contributed by atoms with Crippen LogP contribution in [-0.2, 0) is 6.54 Å². The zero-order chi connectivity index (χ0) is 13.0. The van der Waals surface area contributed by atoms with E-state index < -0.39 is 12.1 Å². The van der Waals surface area contributed by atoms with E-state index in [9.17, 15) is 4.79 Å². The van der Waals surface area contributed by atoms with Crippen LogP contribution < -0.4 is 5.32 Å². The van der Waals surface area contributed by atoms with Gasteiger partial charge in [0.25, 0.3) is 0 Å². The van der Waals surface area contributed by atoms with Gasteiger partial charge in [0.15, 0.2) is 6.33 Å². The molecule has 1 atom stereocenters. The third-order valence-corrected chi connectivity index (χ3v) is 2.66. The number of nitrogens with one attached hydrogen (secondary N) is 1. The summed E-state index contributed by atoms with van der Waals surface area (Å²) in [4.78, 5) is 12.1. The van der Waals surface area contributed by atoms with Crippen LogP contribution in [0.1, 0.15) is 11.6 Å². The average molecular weight is 268 g/mol. The lowest BCUT2D eigenvalue weighted by atomic mass is 10.1. The summed E-state index contributed by atoms with van der Waals surface area (Å²) in [6, 6.07) is 6.47. The number of halogens is 1. The van der Waals surface area contributed by atoms with Gasteiger partial charge in [-0.05, 0) is 16.8 Å². The summed E-state index contributed by atoms with van der Waals surface area (Å²) in [5.74, 6) is 0. The molecule has 94 valence electrons. The molecule has 8 heteroatoms. The molecule has 7 nitrogen and oxygen atoms in total. The summed E-state index contributed by atoms with van der Waals surface area (Å²) in [5.41, 5.74) is 0.666. The van der Waals surface area contributed by atoms with Gasteiger partial charge in [-0.25, -0.2) is 4.79 Å². The zero-order valence-electron chi connectivity index (χ0n) is 9.19. The number of amides is 1. The first-order valence-corrected chi connectivity index (χ1v) is 5.49. The van der Waals surface area contributed by atoms with Crippen molar-refractivity contribution in [2.24, 2.45) is 0 Å². The van der Waals surface area contributed by atoms with Crippen LogP contribution in [0.2, 0.25) is 5.02 Å². The number of rotatable bonds is 4. The summed E-state index contributed by atoms with van der Waals surface area (Å²) in [6.07, 6.45) is 0.143. The van der Waals surface area contributed by atoms with Crippen molar-refractivity contribution in [3.05, 3.63) is 41.2 Å². The number of carbonyl (C=O) groups is 1. The Hall–Kier alpha value is -2.15. The van der Waals surface area contributed by atoms with E-state index in [2.05, 4.69) is 20.7 Å². The minimum absolute atomic E-state index is 0.218. The van der Waals surface area contributed by atoms with Gasteiger partial charge in [-0.2, -0.15) is 4.80 Å². The number of hydrogen-bond acceptors (Lipinski definition) is 4. The highest BCUT2D eigenvalue weighted by Gasteiger charge is 2.18. The maximum absolute atomic E-state index is 10.8. The smallest absolute Gasteiger partial charge is 0.405 e. The number of carboxylic acid groups (broad SMARTS) is 1. The van der Waals surface area contributed by atoms with Crippen LogP contribution in [0.5, 0.6) is 0 Å². The summed E-state index contributed by atoms with van der Waals surface area (Å²) in [7, 11) is 0. The molecule has 0 saturated carbocycles. The molecule has 0 spiro atoms. The van der Waals surface area contributed by atoms with Gasteiger partial charge in [-0.1, -0.05) is 29.8 Å². The fourth-order valence-electron chi connectivity index (χ4n) is 1.56. The van der Waals surface area contributed by atoms with Gasteiger partial charge in [0, 0.05) is 5.02 Å². The normalized spacial score (nSPS) is 12.1. The number of hydrogen-bond donors (Lipinski definition) is 2. The van der Waals surface area contributed by atoms with Crippen molar-refractivity contribution < 1.29 is 9.90 Å². The largest absolute Gasteiger partial charge is 0.465 e. The standard InChI is InChI=1S/C10H10ClN5O2/c11-8-4-2-1-3-7(8)9(14-10(17)18)5-16-13-6-12-15-16/h1-4,6,9,14H,5H2,(H,17,18)/t9-/m0/s1. The maximum atomic E-state index is 10.8. The topological polar surface area (TPSA) is 92.9 Å². The van der Waals surface area contributed by atoms with E-state index >= 15 is 0 Å². The van der Waals surface area contributed by atoms with Crippen LogP contribution in [-0.4, -0.2) is 31.4 Å². The molecule has 1 aromatic carbocycles. The Morgan fingerprint density at radius 3 is 2.89 bits per heavy atom. The zero-order valence-corrected chi connectivity index (χ0v) is 9.95. The summed E-state index contributed by atoms with van der Waals surface area (Å²) in [6.45, 7) is 0.218. The van der Waals surface area contributed by atoms with E-state index in [-0.39, 0.29) is 6.54 Å². The van der Waals surface area contributed by atoms with E-state index in [1.165, 1.54) is 11.1 Å². The molecule has 0 aliphatic heterocycles. The van der Waals surface area contributed by atoms with Gasteiger partial charge in [-0.15, -0.1) is 10.2 Å². The molecule has 0 aliphatic carbocycles. The lowest BCUT2D eigenvalue weighted by Gasteiger charge is -2.17. The molecule has 2 aromatic rings. The van der Waals surface area contributed by atoms with Gasteiger partial charge >= 0.3 is 6.09 Å². The molecular formula is C10H10ClN5O2. The van der Waals surface area contributed by atoms with E-state index in [0.717, 1.165) is 0 Å². The Morgan fingerprint density at radius 1 is 1.50 bits per heavy atom. The monoisotopic (exact) mass is 267 g/mol. The minimum atomic E-state index is -1.14. The predicted molar refractivity (Wildman–Crippen MR) is 63.2 cm³/mol. The van der Waals surface area contributed by atoms with Crippen LogP contribution in [0.15, 0.2) is 30.6 Å². The average Bonchev–Trinajstić information content (AvgIpc) is 2.81. The van der Waals surface area contributed by atoms with E-state index in [1.54, 1.807) is 24.3 Å². The third-order valence-electron chi connectivity index (χ3n) is 2.32. The van der Waals surface area contributed by atoms with E-state index in [1.807, 2.05) is 0 Å². The van der Waals surface area contributed by atoms with Crippen molar-refractivity contribution in [3.8, 4) is 0 Å². The summed E-state index contributed by atoms with van der Waals surface area (Å²) >= 11 is 6.04. The Balaban J connectivity index is 2.25. The lowest BCUT2D eigenvalue weighted by Crippen LogP contribution is -2.31. The highest BCUT2D eigenvalue weighted by atomic mass is 35.5. The molecule has 1 heterocycles. The quantitative estimate of drug-likeness (QED) is 0.872. The van der Waals surface area contributed by atoms with E-state index in [0.29, 0.717) is 10.6 Å². The summed E-state index contributed by atoms with van der Waals surface area (Å²) in [5, 5.41) is 22.8. The van der Waals surface area contributed by atoms with Crippen LogP contribution >= 0.6 is 11.6 Å². The molecule has 0 aliphatic rings. The molecule has 1 aromatic heterocycles. The first-order valence-electron chi connectivity index (χ1n) is 5.11. The van der Waals surface area contributed by atoms with Gasteiger partial charge in [0.05, 0.1) is 12.6 Å². The third kappa shape index (κ3) is 2.95. The first-order chi connectivity index (χ1) is 8.66. The number of benzene rings is 1. The fourth-order valence-corrected chi connectivity index (χ4v) is 1.83. The summed E-state index contributed by atoms with van der Waals surface area (Å²) < 4.78 is 0. The Labute approximate surface area is 107 Å². The van der Waals surface area contributed by atoms with Crippen LogP contribution in [0.3, 0.4) is 0 Å². The van der Waals surface area contributed by atoms with Gasteiger partial charge in [0.2, 0.25) is 0 Å². The lowest BCUT2D eigenvalue weighted by molar-refractivity contribution is 0.187. The second-order valence-electron chi connectivity index (χ2n) is 3.51. The van der Waals surface area contributed by atoms with Crippen molar-refractivity contribution in [2.75, 3.05) is 0 Å². The molecule has 0 radical (unpaired) electrons. The Kier molecular flexibility index (Phi) is 3.73. The van der Waals surface area contributed by atoms with Crippen LogP contribution in [0.25, 0.3) is 0 Å². The molecule has 0 unspecified atom stereocenters. The minimum Gasteiger partial charge on any atom is -0.465 e. The highest BCUT2D eigenvalue weighted by Crippen LogP contribution is 2.23. The van der Waals surface area contributed by atoms with Gasteiger partial charge < -0.3 is 10.4 Å². The fraction of sp³-hybridized carbons (Fsp3) is 0.200. The molecule has 2 N–H and O–H groups in total. The molecule has 1 amide bonds. The number of nitrogens with zero attached hydrogens (tertiary/aromatic N) is 4. The molecule has 2 rings (SSSR count).